The molecule has 0 fully saturated rings. The number of hydrogen-bond donors (Lipinski definition) is 2. The maximum absolute atomic E-state index is 12.5. The Hall–Kier alpha value is -3.61. The fourth-order valence-corrected chi connectivity index (χ4v) is 3.01. The molecule has 0 saturated heterocycles. The van der Waals surface area contributed by atoms with Crippen LogP contribution in [0.2, 0.25) is 0 Å². The number of ether oxygens (including phenoxy) is 1. The van der Waals surface area contributed by atoms with Gasteiger partial charge in [-0.25, -0.2) is 0 Å². The monoisotopic (exact) mass is 392 g/mol. The molecule has 0 spiro atoms. The second-order valence-electron chi connectivity index (χ2n) is 6.61. The molecular formula is C22H24N4O3. The maximum atomic E-state index is 12.5. The summed E-state index contributed by atoms with van der Waals surface area (Å²) in [7, 11) is 1.80. The lowest BCUT2D eigenvalue weighted by atomic mass is 10.1. The molecule has 2 N–H and O–H groups in total. The van der Waals surface area contributed by atoms with Crippen molar-refractivity contribution in [1.82, 2.24) is 9.78 Å². The van der Waals surface area contributed by atoms with Crippen LogP contribution >= 0.6 is 0 Å². The molecule has 0 unspecified atom stereocenters. The normalized spacial score (nSPS) is 10.5. The summed E-state index contributed by atoms with van der Waals surface area (Å²) in [4.78, 5) is 25.0. The van der Waals surface area contributed by atoms with Crippen LogP contribution in [-0.4, -0.2) is 28.2 Å². The zero-order valence-corrected chi connectivity index (χ0v) is 16.9. The first kappa shape index (κ1) is 20.1. The maximum Gasteiger partial charge on any atom is 0.259 e. The molecule has 1 heterocycles. The van der Waals surface area contributed by atoms with Gasteiger partial charge in [-0.3, -0.25) is 14.3 Å². The quantitative estimate of drug-likeness (QED) is 0.665. The van der Waals surface area contributed by atoms with Crippen LogP contribution in [0.5, 0.6) is 5.75 Å². The van der Waals surface area contributed by atoms with Gasteiger partial charge in [0, 0.05) is 29.7 Å². The third-order valence-electron chi connectivity index (χ3n) is 4.56. The van der Waals surface area contributed by atoms with Crippen LogP contribution in [0.15, 0.2) is 48.5 Å². The van der Waals surface area contributed by atoms with E-state index >= 15 is 0 Å². The largest absolute Gasteiger partial charge is 0.494 e. The molecule has 0 bridgehead atoms. The average Bonchev–Trinajstić information content (AvgIpc) is 2.95. The van der Waals surface area contributed by atoms with Crippen molar-refractivity contribution in [3.8, 4) is 5.75 Å². The number of aryl methyl sites for hydroxylation is 2. The number of nitrogens with zero attached hydrogens (tertiary/aromatic N) is 2. The van der Waals surface area contributed by atoms with E-state index in [1.54, 1.807) is 67.2 Å². The number of hydrogen-bond acceptors (Lipinski definition) is 4. The van der Waals surface area contributed by atoms with Gasteiger partial charge in [-0.1, -0.05) is 0 Å². The molecule has 2 aromatic carbocycles. The first-order valence-corrected chi connectivity index (χ1v) is 9.35. The molecule has 0 radical (unpaired) electrons. The van der Waals surface area contributed by atoms with Crippen molar-refractivity contribution in [3.63, 3.8) is 0 Å². The van der Waals surface area contributed by atoms with E-state index in [4.69, 9.17) is 4.74 Å². The molecule has 0 aliphatic heterocycles. The minimum absolute atomic E-state index is 0.223. The Morgan fingerprint density at radius 1 is 0.931 bits per heavy atom. The van der Waals surface area contributed by atoms with E-state index in [-0.39, 0.29) is 11.8 Å². The van der Waals surface area contributed by atoms with Crippen molar-refractivity contribution in [3.05, 3.63) is 71.0 Å². The Bertz CT molecular complexity index is 1020. The molecular weight excluding hydrogens is 368 g/mol. The average molecular weight is 392 g/mol. The number of nitrogens with one attached hydrogen (secondary N) is 2. The first-order valence-electron chi connectivity index (χ1n) is 9.35. The van der Waals surface area contributed by atoms with Crippen molar-refractivity contribution < 1.29 is 14.3 Å². The van der Waals surface area contributed by atoms with Gasteiger partial charge in [0.2, 0.25) is 0 Å². The van der Waals surface area contributed by atoms with Crippen LogP contribution in [0.1, 0.15) is 39.0 Å². The number of benzene rings is 2. The van der Waals surface area contributed by atoms with Crippen LogP contribution in [0.3, 0.4) is 0 Å². The van der Waals surface area contributed by atoms with E-state index in [1.165, 1.54) is 0 Å². The molecule has 0 saturated carbocycles. The van der Waals surface area contributed by atoms with Crippen LogP contribution in [0.25, 0.3) is 0 Å². The Morgan fingerprint density at radius 3 is 2.00 bits per heavy atom. The molecule has 150 valence electrons. The smallest absolute Gasteiger partial charge is 0.259 e. The van der Waals surface area contributed by atoms with Gasteiger partial charge < -0.3 is 15.4 Å². The van der Waals surface area contributed by atoms with Gasteiger partial charge in [0.25, 0.3) is 11.8 Å². The summed E-state index contributed by atoms with van der Waals surface area (Å²) < 4.78 is 7.07. The van der Waals surface area contributed by atoms with Crippen LogP contribution in [0, 0.1) is 13.8 Å². The van der Waals surface area contributed by atoms with Gasteiger partial charge >= 0.3 is 0 Å². The lowest BCUT2D eigenvalue weighted by molar-refractivity contribution is 0.101. The molecule has 7 heteroatoms. The summed E-state index contributed by atoms with van der Waals surface area (Å²) in [5, 5.41) is 9.95. The lowest BCUT2D eigenvalue weighted by Crippen LogP contribution is -2.15. The highest BCUT2D eigenvalue weighted by atomic mass is 16.5. The van der Waals surface area contributed by atoms with E-state index in [9.17, 15) is 9.59 Å². The number of anilines is 2. The molecule has 7 nitrogen and oxygen atoms in total. The first-order chi connectivity index (χ1) is 13.9. The van der Waals surface area contributed by atoms with Crippen molar-refractivity contribution >= 4 is 23.2 Å². The van der Waals surface area contributed by atoms with E-state index in [0.29, 0.717) is 34.8 Å². The van der Waals surface area contributed by atoms with Crippen molar-refractivity contribution in [2.75, 3.05) is 17.2 Å². The zero-order chi connectivity index (χ0) is 21.0. The summed E-state index contributed by atoms with van der Waals surface area (Å²) in [6, 6.07) is 13.9. The van der Waals surface area contributed by atoms with Crippen LogP contribution in [0.4, 0.5) is 11.4 Å². The zero-order valence-electron chi connectivity index (χ0n) is 16.9. The van der Waals surface area contributed by atoms with Gasteiger partial charge in [-0.05, 0) is 69.3 Å². The lowest BCUT2D eigenvalue weighted by Gasteiger charge is -2.09. The topological polar surface area (TPSA) is 85.2 Å². The van der Waals surface area contributed by atoms with Crippen molar-refractivity contribution in [2.45, 2.75) is 20.8 Å². The minimum atomic E-state index is -0.231. The Labute approximate surface area is 169 Å². The molecule has 0 aliphatic rings. The van der Waals surface area contributed by atoms with Crippen molar-refractivity contribution in [2.24, 2.45) is 7.05 Å². The second-order valence-corrected chi connectivity index (χ2v) is 6.61. The Morgan fingerprint density at radius 2 is 1.48 bits per heavy atom. The van der Waals surface area contributed by atoms with E-state index in [2.05, 4.69) is 15.7 Å². The molecule has 1 aromatic heterocycles. The highest BCUT2D eigenvalue weighted by Gasteiger charge is 2.17. The number of rotatable bonds is 6. The Kier molecular flexibility index (Phi) is 5.97. The molecule has 2 amide bonds. The summed E-state index contributed by atoms with van der Waals surface area (Å²) in [6.45, 7) is 6.16. The Balaban J connectivity index is 1.64. The van der Waals surface area contributed by atoms with E-state index in [0.717, 1.165) is 11.4 Å². The van der Waals surface area contributed by atoms with Gasteiger partial charge in [0.1, 0.15) is 5.75 Å². The predicted molar refractivity (Wildman–Crippen MR) is 113 cm³/mol. The summed E-state index contributed by atoms with van der Waals surface area (Å²) in [5.74, 6) is 0.301. The van der Waals surface area contributed by atoms with Crippen LogP contribution < -0.4 is 15.4 Å². The molecule has 0 atom stereocenters. The number of carbonyl (C=O) groups is 2. The third-order valence-corrected chi connectivity index (χ3v) is 4.56. The molecule has 29 heavy (non-hydrogen) atoms. The van der Waals surface area contributed by atoms with Gasteiger partial charge in [-0.15, -0.1) is 0 Å². The number of carbonyl (C=O) groups excluding carboxylic acids is 2. The van der Waals surface area contributed by atoms with Gasteiger partial charge in [0.05, 0.1) is 17.9 Å². The molecule has 3 aromatic rings. The predicted octanol–water partition coefficient (Wildman–Crippen LogP) is 3.94. The fourth-order valence-electron chi connectivity index (χ4n) is 3.01. The molecule has 3 rings (SSSR count). The van der Waals surface area contributed by atoms with E-state index in [1.807, 2.05) is 13.8 Å². The minimum Gasteiger partial charge on any atom is -0.494 e. The highest BCUT2D eigenvalue weighted by Crippen LogP contribution is 2.18. The number of amides is 2. The van der Waals surface area contributed by atoms with E-state index < -0.39 is 0 Å². The highest BCUT2D eigenvalue weighted by molar-refractivity contribution is 6.07. The molecule has 0 aliphatic carbocycles. The van der Waals surface area contributed by atoms with Gasteiger partial charge in [0.15, 0.2) is 0 Å². The third kappa shape index (κ3) is 4.63. The summed E-state index contributed by atoms with van der Waals surface area (Å²) in [6.07, 6.45) is 0. The SMILES string of the molecule is CCOc1ccc(NC(=O)c2ccc(NC(=O)c3c(C)nn(C)c3C)cc2)cc1. The standard InChI is InChI=1S/C22H24N4O3/c1-5-29-19-12-10-18(11-13-19)23-21(27)16-6-8-17(9-7-16)24-22(28)20-14(2)25-26(4)15(20)3/h6-13H,5H2,1-4H3,(H,23,27)(H,24,28). The summed E-state index contributed by atoms with van der Waals surface area (Å²) >= 11 is 0. The van der Waals surface area contributed by atoms with Crippen LogP contribution in [-0.2, 0) is 7.05 Å². The fraction of sp³-hybridized carbons (Fsp3) is 0.227. The second kappa shape index (κ2) is 8.60. The van der Waals surface area contributed by atoms with Gasteiger partial charge in [-0.2, -0.15) is 5.10 Å². The number of aromatic nitrogens is 2. The van der Waals surface area contributed by atoms with Crippen molar-refractivity contribution in [1.29, 1.82) is 0 Å². The summed E-state index contributed by atoms with van der Waals surface area (Å²) in [5.41, 5.74) is 3.81.